The van der Waals surface area contributed by atoms with Gasteiger partial charge in [0.2, 0.25) is 5.91 Å². The Hall–Kier alpha value is -1.20. The molecule has 1 unspecified atom stereocenters. The highest BCUT2D eigenvalue weighted by atomic mass is 35.5. The molecule has 6 heteroatoms. The highest BCUT2D eigenvalue weighted by molar-refractivity contribution is 5.85. The van der Waals surface area contributed by atoms with Crippen molar-refractivity contribution in [3.63, 3.8) is 0 Å². The second-order valence-corrected chi connectivity index (χ2v) is 4.14. The fourth-order valence-electron chi connectivity index (χ4n) is 1.87. The van der Waals surface area contributed by atoms with Crippen LogP contribution in [0.2, 0.25) is 0 Å². The number of nitrogens with one attached hydrogen (secondary N) is 2. The maximum absolute atomic E-state index is 13.3. The molecule has 0 saturated carbocycles. The first-order valence-electron chi connectivity index (χ1n) is 5.59. The highest BCUT2D eigenvalue weighted by Gasteiger charge is 2.22. The average Bonchev–Trinajstić information content (AvgIpc) is 2.81. The lowest BCUT2D eigenvalue weighted by molar-refractivity contribution is -0.124. The van der Waals surface area contributed by atoms with Crippen molar-refractivity contribution < 1.29 is 13.6 Å². The number of carbonyl (C=O) groups excluding carboxylic acids is 1. The van der Waals surface area contributed by atoms with Crippen LogP contribution < -0.4 is 10.6 Å². The van der Waals surface area contributed by atoms with Crippen LogP contribution in [0.3, 0.4) is 0 Å². The van der Waals surface area contributed by atoms with Crippen molar-refractivity contribution in [2.75, 3.05) is 13.1 Å². The van der Waals surface area contributed by atoms with Crippen molar-refractivity contribution in [1.29, 1.82) is 0 Å². The van der Waals surface area contributed by atoms with Gasteiger partial charge in [0.25, 0.3) is 0 Å². The smallest absolute Gasteiger partial charge is 0.224 e. The van der Waals surface area contributed by atoms with Gasteiger partial charge in [0.1, 0.15) is 11.6 Å². The van der Waals surface area contributed by atoms with Crippen LogP contribution in [0, 0.1) is 17.6 Å². The zero-order chi connectivity index (χ0) is 12.3. The van der Waals surface area contributed by atoms with E-state index in [1.165, 1.54) is 12.1 Å². The number of amides is 1. The Morgan fingerprint density at radius 1 is 1.44 bits per heavy atom. The lowest BCUT2D eigenvalue weighted by Crippen LogP contribution is -2.31. The van der Waals surface area contributed by atoms with Crippen LogP contribution >= 0.6 is 12.4 Å². The molecule has 1 aromatic carbocycles. The van der Waals surface area contributed by atoms with Gasteiger partial charge in [0.15, 0.2) is 0 Å². The Morgan fingerprint density at radius 3 is 2.83 bits per heavy atom. The number of hydrogen-bond donors (Lipinski definition) is 2. The first kappa shape index (κ1) is 14.9. The van der Waals surface area contributed by atoms with Gasteiger partial charge >= 0.3 is 0 Å². The summed E-state index contributed by atoms with van der Waals surface area (Å²) in [6.45, 7) is 1.60. The minimum absolute atomic E-state index is 0. The second-order valence-electron chi connectivity index (χ2n) is 4.14. The van der Waals surface area contributed by atoms with E-state index in [0.29, 0.717) is 12.1 Å². The first-order valence-corrected chi connectivity index (χ1v) is 5.59. The van der Waals surface area contributed by atoms with Crippen LogP contribution in [0.25, 0.3) is 0 Å². The summed E-state index contributed by atoms with van der Waals surface area (Å²) in [6.07, 6.45) is 0.803. The summed E-state index contributed by atoms with van der Waals surface area (Å²) in [5.74, 6) is -1.37. The van der Waals surface area contributed by atoms with Gasteiger partial charge in [-0.15, -0.1) is 12.4 Å². The van der Waals surface area contributed by atoms with Gasteiger partial charge in [0.05, 0.1) is 5.92 Å². The predicted molar refractivity (Wildman–Crippen MR) is 66.4 cm³/mol. The summed E-state index contributed by atoms with van der Waals surface area (Å²) in [4.78, 5) is 11.6. The van der Waals surface area contributed by atoms with Gasteiger partial charge in [-0.3, -0.25) is 4.79 Å². The summed E-state index contributed by atoms with van der Waals surface area (Å²) in [5, 5.41) is 5.75. The Kier molecular flexibility index (Phi) is 5.50. The maximum atomic E-state index is 13.3. The summed E-state index contributed by atoms with van der Waals surface area (Å²) in [6, 6.07) is 3.35. The standard InChI is InChI=1S/C12H14F2N2O.ClH/c13-10-2-1-8(11(14)5-10)7-16-12(17)9-3-4-15-6-9;/h1-2,5,9,15H,3-4,6-7H2,(H,16,17);1H. The minimum Gasteiger partial charge on any atom is -0.352 e. The van der Waals surface area contributed by atoms with Gasteiger partial charge in [-0.2, -0.15) is 0 Å². The molecule has 2 rings (SSSR count). The molecule has 1 fully saturated rings. The molecule has 1 saturated heterocycles. The van der Waals surface area contributed by atoms with Crippen LogP contribution in [0.4, 0.5) is 8.78 Å². The summed E-state index contributed by atoms with van der Waals surface area (Å²) in [5.41, 5.74) is 0.297. The number of rotatable bonds is 3. The molecule has 0 aromatic heterocycles. The average molecular weight is 277 g/mol. The van der Waals surface area contributed by atoms with Crippen molar-refractivity contribution in [1.82, 2.24) is 10.6 Å². The van der Waals surface area contributed by atoms with E-state index in [-0.39, 0.29) is 30.8 Å². The Morgan fingerprint density at radius 2 is 2.22 bits per heavy atom. The number of hydrogen-bond acceptors (Lipinski definition) is 2. The Labute approximate surface area is 110 Å². The molecule has 1 atom stereocenters. The molecule has 100 valence electrons. The topological polar surface area (TPSA) is 41.1 Å². The molecule has 0 spiro atoms. The lowest BCUT2D eigenvalue weighted by Gasteiger charge is -2.10. The quantitative estimate of drug-likeness (QED) is 0.881. The van der Waals surface area contributed by atoms with Crippen LogP contribution in [0.1, 0.15) is 12.0 Å². The zero-order valence-corrected chi connectivity index (χ0v) is 10.5. The van der Waals surface area contributed by atoms with Crippen molar-refractivity contribution >= 4 is 18.3 Å². The normalized spacial score (nSPS) is 18.2. The summed E-state index contributed by atoms with van der Waals surface area (Å²) < 4.78 is 25.9. The Bertz CT molecular complexity index is 423. The zero-order valence-electron chi connectivity index (χ0n) is 9.71. The third kappa shape index (κ3) is 3.65. The largest absolute Gasteiger partial charge is 0.352 e. The highest BCUT2D eigenvalue weighted by Crippen LogP contribution is 2.11. The number of benzene rings is 1. The van der Waals surface area contributed by atoms with Crippen molar-refractivity contribution in [2.45, 2.75) is 13.0 Å². The molecule has 1 heterocycles. The van der Waals surface area contributed by atoms with Crippen LogP contribution in [-0.4, -0.2) is 19.0 Å². The van der Waals surface area contributed by atoms with Crippen LogP contribution in [0.5, 0.6) is 0 Å². The first-order chi connectivity index (χ1) is 8.16. The summed E-state index contributed by atoms with van der Waals surface area (Å²) >= 11 is 0. The van der Waals surface area contributed by atoms with E-state index in [2.05, 4.69) is 10.6 Å². The van der Waals surface area contributed by atoms with Gasteiger partial charge in [-0.25, -0.2) is 8.78 Å². The van der Waals surface area contributed by atoms with E-state index >= 15 is 0 Å². The molecule has 18 heavy (non-hydrogen) atoms. The molecule has 0 aliphatic carbocycles. The molecule has 1 aliphatic heterocycles. The number of halogens is 3. The predicted octanol–water partition coefficient (Wildman–Crippen LogP) is 1.61. The molecule has 3 nitrogen and oxygen atoms in total. The fraction of sp³-hybridized carbons (Fsp3) is 0.417. The third-order valence-electron chi connectivity index (χ3n) is 2.90. The van der Waals surface area contributed by atoms with Crippen LogP contribution in [0.15, 0.2) is 18.2 Å². The molecule has 0 bridgehead atoms. The lowest BCUT2D eigenvalue weighted by atomic mass is 10.1. The van der Waals surface area contributed by atoms with Gasteiger partial charge in [-0.1, -0.05) is 6.07 Å². The van der Waals surface area contributed by atoms with Gasteiger partial charge in [-0.05, 0) is 19.0 Å². The molecule has 0 radical (unpaired) electrons. The molecule has 1 aliphatic rings. The SMILES string of the molecule is Cl.O=C(NCc1ccc(F)cc1F)C1CCNC1. The minimum atomic E-state index is -0.630. The molecule has 1 aromatic rings. The number of carbonyl (C=O) groups is 1. The second kappa shape index (κ2) is 6.66. The van der Waals surface area contributed by atoms with Crippen molar-refractivity contribution in [2.24, 2.45) is 5.92 Å². The molecular formula is C12H15ClF2N2O. The van der Waals surface area contributed by atoms with Crippen molar-refractivity contribution in [3.05, 3.63) is 35.4 Å². The summed E-state index contributed by atoms with van der Waals surface area (Å²) in [7, 11) is 0. The van der Waals surface area contributed by atoms with Gasteiger partial charge < -0.3 is 10.6 Å². The van der Waals surface area contributed by atoms with Crippen LogP contribution in [-0.2, 0) is 11.3 Å². The van der Waals surface area contributed by atoms with E-state index in [4.69, 9.17) is 0 Å². The van der Waals surface area contributed by atoms with E-state index in [1.807, 2.05) is 0 Å². The van der Waals surface area contributed by atoms with Gasteiger partial charge in [0, 0.05) is 24.7 Å². The maximum Gasteiger partial charge on any atom is 0.224 e. The molecular weight excluding hydrogens is 262 g/mol. The van der Waals surface area contributed by atoms with E-state index in [0.717, 1.165) is 19.0 Å². The van der Waals surface area contributed by atoms with E-state index in [9.17, 15) is 13.6 Å². The monoisotopic (exact) mass is 276 g/mol. The van der Waals surface area contributed by atoms with Crippen molar-refractivity contribution in [3.8, 4) is 0 Å². The van der Waals surface area contributed by atoms with E-state index < -0.39 is 11.6 Å². The van der Waals surface area contributed by atoms with E-state index in [1.54, 1.807) is 0 Å². The molecule has 2 N–H and O–H groups in total. The Balaban J connectivity index is 0.00000162. The third-order valence-corrected chi connectivity index (χ3v) is 2.90. The molecule has 1 amide bonds. The fourth-order valence-corrected chi connectivity index (χ4v) is 1.87.